The number of imidazole rings is 1. The van der Waals surface area contributed by atoms with Crippen molar-refractivity contribution < 1.29 is 0 Å². The van der Waals surface area contributed by atoms with Crippen molar-refractivity contribution in [3.05, 3.63) is 40.6 Å². The molecule has 1 atom stereocenters. The minimum atomic E-state index is 0.257. The molecule has 1 saturated heterocycles. The number of nitrogens with one attached hydrogen (secondary N) is 1. The summed E-state index contributed by atoms with van der Waals surface area (Å²) in [6, 6.07) is 4.72. The SMILES string of the molecule is CC(c1cccs1)n1cncc1C1(C)CCNCC1. The molecule has 1 fully saturated rings. The van der Waals surface area contributed by atoms with Crippen molar-refractivity contribution in [3.63, 3.8) is 0 Å². The van der Waals surface area contributed by atoms with Gasteiger partial charge in [-0.2, -0.15) is 0 Å². The average Bonchev–Trinajstić information content (AvgIpc) is 3.10. The van der Waals surface area contributed by atoms with Crippen LogP contribution >= 0.6 is 11.3 Å². The van der Waals surface area contributed by atoms with Gasteiger partial charge in [-0.05, 0) is 44.3 Å². The van der Waals surface area contributed by atoms with Gasteiger partial charge in [-0.15, -0.1) is 11.3 Å². The van der Waals surface area contributed by atoms with E-state index in [4.69, 9.17) is 0 Å². The summed E-state index contributed by atoms with van der Waals surface area (Å²) in [5.41, 5.74) is 1.64. The summed E-state index contributed by atoms with van der Waals surface area (Å²) in [4.78, 5) is 5.82. The van der Waals surface area contributed by atoms with Crippen LogP contribution in [0.15, 0.2) is 30.0 Å². The molecular formula is C15H21N3S. The zero-order valence-corrected chi connectivity index (χ0v) is 12.4. The highest BCUT2D eigenvalue weighted by molar-refractivity contribution is 7.10. The molecule has 0 saturated carbocycles. The van der Waals surface area contributed by atoms with Gasteiger partial charge in [-0.1, -0.05) is 13.0 Å². The van der Waals surface area contributed by atoms with Gasteiger partial charge in [0.05, 0.1) is 12.4 Å². The Balaban J connectivity index is 1.94. The van der Waals surface area contributed by atoms with Gasteiger partial charge in [0.1, 0.15) is 0 Å². The Morgan fingerprint density at radius 3 is 2.89 bits per heavy atom. The van der Waals surface area contributed by atoms with Crippen LogP contribution < -0.4 is 5.32 Å². The van der Waals surface area contributed by atoms with Gasteiger partial charge in [-0.25, -0.2) is 4.98 Å². The summed E-state index contributed by atoms with van der Waals surface area (Å²) in [5.74, 6) is 0. The third-order valence-electron chi connectivity index (χ3n) is 4.36. The van der Waals surface area contributed by atoms with Crippen molar-refractivity contribution >= 4 is 11.3 Å². The van der Waals surface area contributed by atoms with Gasteiger partial charge in [0.25, 0.3) is 0 Å². The second kappa shape index (κ2) is 5.10. The summed E-state index contributed by atoms with van der Waals surface area (Å²) in [6.07, 6.45) is 6.44. The predicted molar refractivity (Wildman–Crippen MR) is 79.8 cm³/mol. The minimum absolute atomic E-state index is 0.257. The van der Waals surface area contributed by atoms with Crippen LogP contribution in [0.3, 0.4) is 0 Å². The third-order valence-corrected chi connectivity index (χ3v) is 5.41. The first-order valence-corrected chi connectivity index (χ1v) is 7.85. The second-order valence-corrected chi connectivity index (χ2v) is 6.67. The van der Waals surface area contributed by atoms with Crippen LogP contribution in [0.25, 0.3) is 0 Å². The molecule has 3 heterocycles. The molecule has 19 heavy (non-hydrogen) atoms. The van der Waals surface area contributed by atoms with Crippen molar-refractivity contribution in [3.8, 4) is 0 Å². The molecule has 3 rings (SSSR count). The van der Waals surface area contributed by atoms with Crippen LogP contribution in [0, 0.1) is 0 Å². The van der Waals surface area contributed by atoms with Crippen LogP contribution in [-0.4, -0.2) is 22.6 Å². The molecular weight excluding hydrogens is 254 g/mol. The normalized spacial score (nSPS) is 20.3. The van der Waals surface area contributed by atoms with Gasteiger partial charge in [0.2, 0.25) is 0 Å². The van der Waals surface area contributed by atoms with Crippen LogP contribution in [0.2, 0.25) is 0 Å². The highest BCUT2D eigenvalue weighted by atomic mass is 32.1. The molecule has 1 unspecified atom stereocenters. The Morgan fingerprint density at radius 2 is 2.21 bits per heavy atom. The van der Waals surface area contributed by atoms with Crippen molar-refractivity contribution in [2.24, 2.45) is 0 Å². The maximum atomic E-state index is 4.42. The van der Waals surface area contributed by atoms with Crippen molar-refractivity contribution in [1.29, 1.82) is 0 Å². The molecule has 2 aromatic rings. The second-order valence-electron chi connectivity index (χ2n) is 5.69. The summed E-state index contributed by atoms with van der Waals surface area (Å²) in [5, 5.41) is 5.60. The van der Waals surface area contributed by atoms with Crippen LogP contribution in [0.1, 0.15) is 43.3 Å². The van der Waals surface area contributed by atoms with Crippen LogP contribution in [0.5, 0.6) is 0 Å². The summed E-state index contributed by atoms with van der Waals surface area (Å²) < 4.78 is 2.36. The molecule has 1 N–H and O–H groups in total. The third kappa shape index (κ3) is 2.35. The van der Waals surface area contributed by atoms with E-state index in [1.165, 1.54) is 23.4 Å². The van der Waals surface area contributed by atoms with E-state index in [1.54, 1.807) is 0 Å². The number of nitrogens with zero attached hydrogens (tertiary/aromatic N) is 2. The number of thiophene rings is 1. The number of aromatic nitrogens is 2. The van der Waals surface area contributed by atoms with E-state index in [0.29, 0.717) is 6.04 Å². The zero-order chi connectivity index (χ0) is 13.3. The van der Waals surface area contributed by atoms with Crippen molar-refractivity contribution in [1.82, 2.24) is 14.9 Å². The van der Waals surface area contributed by atoms with Gasteiger partial charge in [-0.3, -0.25) is 0 Å². The van der Waals surface area contributed by atoms with Gasteiger partial charge < -0.3 is 9.88 Å². The Labute approximate surface area is 118 Å². The monoisotopic (exact) mass is 275 g/mol. The minimum Gasteiger partial charge on any atom is -0.326 e. The quantitative estimate of drug-likeness (QED) is 0.932. The number of hydrogen-bond donors (Lipinski definition) is 1. The summed E-state index contributed by atoms with van der Waals surface area (Å²) in [6.45, 7) is 6.86. The number of rotatable bonds is 3. The Hall–Kier alpha value is -1.13. The summed E-state index contributed by atoms with van der Waals surface area (Å²) in [7, 11) is 0. The zero-order valence-electron chi connectivity index (χ0n) is 11.6. The molecule has 102 valence electrons. The van der Waals surface area contributed by atoms with Crippen LogP contribution in [0.4, 0.5) is 0 Å². The predicted octanol–water partition coefficient (Wildman–Crippen LogP) is 3.20. The molecule has 4 heteroatoms. The fourth-order valence-electron chi connectivity index (χ4n) is 2.98. The lowest BCUT2D eigenvalue weighted by Gasteiger charge is -2.35. The smallest absolute Gasteiger partial charge is 0.0954 e. The van der Waals surface area contributed by atoms with E-state index in [2.05, 4.69) is 52.4 Å². The van der Waals surface area contributed by atoms with E-state index in [1.807, 2.05) is 17.7 Å². The molecule has 1 aliphatic rings. The van der Waals surface area contributed by atoms with Crippen molar-refractivity contribution in [2.75, 3.05) is 13.1 Å². The maximum Gasteiger partial charge on any atom is 0.0954 e. The first-order valence-electron chi connectivity index (χ1n) is 6.97. The van der Waals surface area contributed by atoms with Gasteiger partial charge >= 0.3 is 0 Å². The molecule has 0 bridgehead atoms. The molecule has 0 aliphatic carbocycles. The van der Waals surface area contributed by atoms with Gasteiger partial charge in [0, 0.05) is 22.2 Å². The largest absolute Gasteiger partial charge is 0.326 e. The Kier molecular flexibility index (Phi) is 3.46. The first kappa shape index (κ1) is 12.9. The van der Waals surface area contributed by atoms with E-state index < -0.39 is 0 Å². The fourth-order valence-corrected chi connectivity index (χ4v) is 3.76. The molecule has 2 aromatic heterocycles. The maximum absolute atomic E-state index is 4.42. The molecule has 0 spiro atoms. The average molecular weight is 275 g/mol. The highest BCUT2D eigenvalue weighted by Crippen LogP contribution is 2.35. The molecule has 1 aliphatic heterocycles. The lowest BCUT2D eigenvalue weighted by atomic mass is 9.78. The molecule has 0 amide bonds. The Morgan fingerprint density at radius 1 is 1.42 bits per heavy atom. The van der Waals surface area contributed by atoms with Crippen molar-refractivity contribution in [2.45, 2.75) is 38.1 Å². The number of hydrogen-bond acceptors (Lipinski definition) is 3. The lowest BCUT2D eigenvalue weighted by molar-refractivity contribution is 0.314. The van der Waals surface area contributed by atoms with Gasteiger partial charge in [0.15, 0.2) is 0 Å². The lowest BCUT2D eigenvalue weighted by Crippen LogP contribution is -2.39. The Bertz CT molecular complexity index is 523. The summed E-state index contributed by atoms with van der Waals surface area (Å²) >= 11 is 1.82. The van der Waals surface area contributed by atoms with E-state index in [0.717, 1.165) is 13.1 Å². The van der Waals surface area contributed by atoms with Crippen LogP contribution in [-0.2, 0) is 5.41 Å². The first-order chi connectivity index (χ1) is 9.21. The number of piperidine rings is 1. The molecule has 0 radical (unpaired) electrons. The topological polar surface area (TPSA) is 29.9 Å². The van der Waals surface area contributed by atoms with E-state index in [9.17, 15) is 0 Å². The van der Waals surface area contributed by atoms with E-state index >= 15 is 0 Å². The molecule has 0 aromatic carbocycles. The highest BCUT2D eigenvalue weighted by Gasteiger charge is 2.32. The standard InChI is InChI=1S/C15H21N3S/c1-12(13-4-3-9-19-13)18-11-17-10-14(18)15(2)5-7-16-8-6-15/h3-4,9-12,16H,5-8H2,1-2H3. The fraction of sp³-hybridized carbons (Fsp3) is 0.533. The van der Waals surface area contributed by atoms with E-state index in [-0.39, 0.29) is 5.41 Å². The molecule has 3 nitrogen and oxygen atoms in total.